The molecule has 0 bridgehead atoms. The van der Waals surface area contributed by atoms with Crippen molar-refractivity contribution in [3.8, 4) is 0 Å². The summed E-state index contributed by atoms with van der Waals surface area (Å²) in [6.07, 6.45) is 4.26. The fourth-order valence-corrected chi connectivity index (χ4v) is 3.55. The normalized spacial score (nSPS) is 19.2. The second-order valence-corrected chi connectivity index (χ2v) is 7.55. The number of rotatable bonds is 7. The quantitative estimate of drug-likeness (QED) is 0.558. The molecule has 1 saturated carbocycles. The monoisotopic (exact) mass is 384 g/mol. The molecule has 150 valence electrons. The molecule has 8 heteroatoms. The highest BCUT2D eigenvalue weighted by Crippen LogP contribution is 2.23. The van der Waals surface area contributed by atoms with E-state index in [0.29, 0.717) is 18.6 Å². The van der Waals surface area contributed by atoms with Gasteiger partial charge in [-0.25, -0.2) is 9.97 Å². The van der Waals surface area contributed by atoms with Crippen LogP contribution in [0.3, 0.4) is 0 Å². The molecule has 0 radical (unpaired) electrons. The lowest BCUT2D eigenvalue weighted by molar-refractivity contribution is -0.384. The van der Waals surface area contributed by atoms with Crippen LogP contribution in [0.2, 0.25) is 0 Å². The third-order valence-electron chi connectivity index (χ3n) is 5.08. The number of hydrogen-bond donors (Lipinski definition) is 2. The molecular weight excluding hydrogens is 356 g/mol. The van der Waals surface area contributed by atoms with Crippen LogP contribution in [0.5, 0.6) is 0 Å². The first-order valence-corrected chi connectivity index (χ1v) is 9.67. The zero-order chi connectivity index (χ0) is 20.1. The highest BCUT2D eigenvalue weighted by atomic mass is 16.6. The molecule has 1 fully saturated rings. The standard InChI is InChI=1S/C20H28N6O2/c1-14-22-19(12-20(23-14)25(2)3)24-17-9-7-16(8-10-17)21-13-15-5-4-6-18(11-15)26(27)28/h4-6,11-12,16-17,21H,7-10,13H2,1-3H3,(H,22,23,24). The van der Waals surface area contributed by atoms with Crippen molar-refractivity contribution >= 4 is 17.3 Å². The first-order valence-electron chi connectivity index (χ1n) is 9.67. The van der Waals surface area contributed by atoms with E-state index in [4.69, 9.17) is 0 Å². The van der Waals surface area contributed by atoms with E-state index in [0.717, 1.165) is 48.7 Å². The summed E-state index contributed by atoms with van der Waals surface area (Å²) >= 11 is 0. The lowest BCUT2D eigenvalue weighted by Gasteiger charge is -2.30. The summed E-state index contributed by atoms with van der Waals surface area (Å²) < 4.78 is 0. The van der Waals surface area contributed by atoms with Crippen molar-refractivity contribution < 1.29 is 4.92 Å². The van der Waals surface area contributed by atoms with Gasteiger partial charge in [0, 0.05) is 50.9 Å². The second-order valence-electron chi connectivity index (χ2n) is 7.55. The van der Waals surface area contributed by atoms with Gasteiger partial charge < -0.3 is 15.5 Å². The van der Waals surface area contributed by atoms with Crippen LogP contribution < -0.4 is 15.5 Å². The Balaban J connectivity index is 1.48. The van der Waals surface area contributed by atoms with Crippen molar-refractivity contribution in [3.05, 3.63) is 51.8 Å². The molecule has 3 rings (SSSR count). The van der Waals surface area contributed by atoms with Gasteiger partial charge in [-0.3, -0.25) is 10.1 Å². The summed E-state index contributed by atoms with van der Waals surface area (Å²) in [5.74, 6) is 2.55. The van der Waals surface area contributed by atoms with Crippen LogP contribution in [0.25, 0.3) is 0 Å². The van der Waals surface area contributed by atoms with E-state index in [1.54, 1.807) is 12.1 Å². The van der Waals surface area contributed by atoms with Gasteiger partial charge >= 0.3 is 0 Å². The first-order chi connectivity index (χ1) is 13.4. The largest absolute Gasteiger partial charge is 0.367 e. The molecular formula is C20H28N6O2. The number of nitro benzene ring substituents is 1. The zero-order valence-electron chi connectivity index (χ0n) is 16.7. The van der Waals surface area contributed by atoms with Crippen LogP contribution >= 0.6 is 0 Å². The molecule has 2 N–H and O–H groups in total. The van der Waals surface area contributed by atoms with Crippen LogP contribution in [0.4, 0.5) is 17.3 Å². The van der Waals surface area contributed by atoms with Crippen LogP contribution in [0, 0.1) is 17.0 Å². The minimum atomic E-state index is -0.350. The van der Waals surface area contributed by atoms with Gasteiger partial charge in [0.05, 0.1) is 4.92 Å². The van der Waals surface area contributed by atoms with Gasteiger partial charge in [-0.1, -0.05) is 12.1 Å². The number of nitrogens with one attached hydrogen (secondary N) is 2. The smallest absolute Gasteiger partial charge is 0.269 e. The Hall–Kier alpha value is -2.74. The molecule has 0 unspecified atom stereocenters. The molecule has 1 aromatic heterocycles. The van der Waals surface area contributed by atoms with Gasteiger partial charge in [0.25, 0.3) is 5.69 Å². The summed E-state index contributed by atoms with van der Waals surface area (Å²) in [5.41, 5.74) is 1.09. The molecule has 0 atom stereocenters. The SMILES string of the molecule is Cc1nc(NC2CCC(NCc3cccc([N+](=O)[O-])c3)CC2)cc(N(C)C)n1. The van der Waals surface area contributed by atoms with Gasteiger partial charge in [-0.05, 0) is 38.2 Å². The van der Waals surface area contributed by atoms with Crippen molar-refractivity contribution in [1.82, 2.24) is 15.3 Å². The summed E-state index contributed by atoms with van der Waals surface area (Å²) in [4.78, 5) is 21.5. The summed E-state index contributed by atoms with van der Waals surface area (Å²) in [6, 6.07) is 9.65. The van der Waals surface area contributed by atoms with Crippen LogP contribution in [-0.2, 0) is 6.54 Å². The molecule has 1 aliphatic rings. The average molecular weight is 384 g/mol. The lowest BCUT2D eigenvalue weighted by Crippen LogP contribution is -2.36. The van der Waals surface area contributed by atoms with E-state index < -0.39 is 0 Å². The molecule has 1 aromatic carbocycles. The lowest BCUT2D eigenvalue weighted by atomic mass is 9.91. The maximum Gasteiger partial charge on any atom is 0.269 e. The number of aromatic nitrogens is 2. The summed E-state index contributed by atoms with van der Waals surface area (Å²) in [6.45, 7) is 2.56. The van der Waals surface area contributed by atoms with Crippen LogP contribution in [0.15, 0.2) is 30.3 Å². The third kappa shape index (κ3) is 5.39. The number of hydrogen-bond acceptors (Lipinski definition) is 7. The Labute approximate surface area is 165 Å². The molecule has 0 spiro atoms. The van der Waals surface area contributed by atoms with Gasteiger partial charge in [0.2, 0.25) is 0 Å². The van der Waals surface area contributed by atoms with Crippen molar-refractivity contribution in [2.24, 2.45) is 0 Å². The van der Waals surface area contributed by atoms with E-state index in [-0.39, 0.29) is 10.6 Å². The highest BCUT2D eigenvalue weighted by molar-refractivity contribution is 5.49. The Morgan fingerprint density at radius 1 is 1.14 bits per heavy atom. The average Bonchev–Trinajstić information content (AvgIpc) is 2.67. The number of non-ortho nitro benzene ring substituents is 1. The number of benzene rings is 1. The molecule has 0 amide bonds. The summed E-state index contributed by atoms with van der Waals surface area (Å²) in [7, 11) is 3.95. The Morgan fingerprint density at radius 2 is 1.86 bits per heavy atom. The topological polar surface area (TPSA) is 96.2 Å². The zero-order valence-corrected chi connectivity index (χ0v) is 16.7. The van der Waals surface area contributed by atoms with E-state index in [1.165, 1.54) is 6.07 Å². The van der Waals surface area contributed by atoms with Crippen molar-refractivity contribution in [3.63, 3.8) is 0 Å². The van der Waals surface area contributed by atoms with Gasteiger partial charge in [0.15, 0.2) is 0 Å². The predicted molar refractivity (Wildman–Crippen MR) is 111 cm³/mol. The van der Waals surface area contributed by atoms with Gasteiger partial charge in [0.1, 0.15) is 17.5 Å². The molecule has 1 aliphatic carbocycles. The minimum absolute atomic E-state index is 0.143. The molecule has 0 saturated heterocycles. The number of nitrogens with zero attached hydrogens (tertiary/aromatic N) is 4. The van der Waals surface area contributed by atoms with Gasteiger partial charge in [-0.15, -0.1) is 0 Å². The maximum absolute atomic E-state index is 10.9. The minimum Gasteiger partial charge on any atom is -0.367 e. The van der Waals surface area contributed by atoms with E-state index in [2.05, 4.69) is 20.6 Å². The van der Waals surface area contributed by atoms with Crippen LogP contribution in [0.1, 0.15) is 37.1 Å². The maximum atomic E-state index is 10.9. The third-order valence-corrected chi connectivity index (χ3v) is 5.08. The Kier molecular flexibility index (Phi) is 6.41. The fraction of sp³-hybridized carbons (Fsp3) is 0.500. The Bertz CT molecular complexity index is 818. The second kappa shape index (κ2) is 8.97. The summed E-state index contributed by atoms with van der Waals surface area (Å²) in [5, 5.41) is 18.0. The van der Waals surface area contributed by atoms with E-state index in [1.807, 2.05) is 38.1 Å². The van der Waals surface area contributed by atoms with Crippen molar-refractivity contribution in [2.75, 3.05) is 24.3 Å². The van der Waals surface area contributed by atoms with Gasteiger partial charge in [-0.2, -0.15) is 0 Å². The van der Waals surface area contributed by atoms with E-state index in [9.17, 15) is 10.1 Å². The first kappa shape index (κ1) is 20.0. The Morgan fingerprint density at radius 3 is 2.54 bits per heavy atom. The fourth-order valence-electron chi connectivity index (χ4n) is 3.55. The number of anilines is 2. The number of nitro groups is 1. The van der Waals surface area contributed by atoms with Crippen molar-refractivity contribution in [1.29, 1.82) is 0 Å². The van der Waals surface area contributed by atoms with E-state index >= 15 is 0 Å². The predicted octanol–water partition coefficient (Wildman–Crippen LogP) is 3.27. The molecule has 28 heavy (non-hydrogen) atoms. The number of aryl methyl sites for hydroxylation is 1. The highest BCUT2D eigenvalue weighted by Gasteiger charge is 2.21. The van der Waals surface area contributed by atoms with Crippen LogP contribution in [-0.4, -0.2) is 41.1 Å². The molecule has 1 heterocycles. The molecule has 8 nitrogen and oxygen atoms in total. The molecule has 0 aliphatic heterocycles. The van der Waals surface area contributed by atoms with Crippen molar-refractivity contribution in [2.45, 2.75) is 51.2 Å². The molecule has 2 aromatic rings.